The van der Waals surface area contributed by atoms with Crippen molar-refractivity contribution in [3.63, 3.8) is 0 Å². The molecule has 0 saturated carbocycles. The highest BCUT2D eigenvalue weighted by Crippen LogP contribution is 2.27. The van der Waals surface area contributed by atoms with Crippen LogP contribution in [-0.4, -0.2) is 19.9 Å². The Labute approximate surface area is 118 Å². The van der Waals surface area contributed by atoms with Crippen molar-refractivity contribution in [2.75, 3.05) is 10.7 Å². The van der Waals surface area contributed by atoms with Crippen molar-refractivity contribution in [3.8, 4) is 0 Å². The van der Waals surface area contributed by atoms with E-state index in [1.807, 2.05) is 6.92 Å². The van der Waals surface area contributed by atoms with Crippen molar-refractivity contribution >= 4 is 11.6 Å². The van der Waals surface area contributed by atoms with Gasteiger partial charge in [0, 0.05) is 11.8 Å². The van der Waals surface area contributed by atoms with Crippen molar-refractivity contribution < 1.29 is 0 Å². The monoisotopic (exact) mass is 273 g/mol. The van der Waals surface area contributed by atoms with Crippen LogP contribution in [0.15, 0.2) is 18.7 Å². The van der Waals surface area contributed by atoms with Crippen molar-refractivity contribution in [1.29, 1.82) is 0 Å². The summed E-state index contributed by atoms with van der Waals surface area (Å²) in [6.07, 6.45) is 4.97. The zero-order chi connectivity index (χ0) is 14.5. The molecule has 20 heavy (non-hydrogen) atoms. The third-order valence-corrected chi connectivity index (χ3v) is 2.87. The van der Waals surface area contributed by atoms with Crippen LogP contribution in [0, 0.1) is 6.92 Å². The molecule has 106 valence electrons. The normalized spacial score (nSPS) is 10.7. The maximum absolute atomic E-state index is 5.49. The van der Waals surface area contributed by atoms with Crippen LogP contribution in [-0.2, 0) is 6.54 Å². The van der Waals surface area contributed by atoms with Crippen LogP contribution in [0.5, 0.6) is 0 Å². The number of hydrogen-bond acceptors (Lipinski definition) is 7. The maximum atomic E-state index is 5.49. The summed E-state index contributed by atoms with van der Waals surface area (Å²) in [7, 11) is 0. The first-order valence-corrected chi connectivity index (χ1v) is 6.44. The lowest BCUT2D eigenvalue weighted by atomic mass is 10.0. The first-order chi connectivity index (χ1) is 9.61. The molecular weight excluding hydrogens is 254 g/mol. The topological polar surface area (TPSA) is 102 Å². The van der Waals surface area contributed by atoms with Crippen LogP contribution >= 0.6 is 0 Å². The van der Waals surface area contributed by atoms with Crippen LogP contribution in [0.2, 0.25) is 0 Å². The lowest BCUT2D eigenvalue weighted by Gasteiger charge is -2.16. The van der Waals surface area contributed by atoms with Gasteiger partial charge in [-0.15, -0.1) is 0 Å². The predicted molar refractivity (Wildman–Crippen MR) is 78.0 cm³/mol. The first kappa shape index (κ1) is 14.1. The van der Waals surface area contributed by atoms with E-state index in [-0.39, 0.29) is 5.92 Å². The molecule has 0 aliphatic carbocycles. The van der Waals surface area contributed by atoms with Crippen molar-refractivity contribution in [2.24, 2.45) is 5.84 Å². The van der Waals surface area contributed by atoms with Gasteiger partial charge in [0.25, 0.3) is 0 Å². The van der Waals surface area contributed by atoms with E-state index in [1.165, 1.54) is 6.33 Å². The average molecular weight is 273 g/mol. The van der Waals surface area contributed by atoms with E-state index in [4.69, 9.17) is 5.84 Å². The van der Waals surface area contributed by atoms with Gasteiger partial charge >= 0.3 is 0 Å². The number of rotatable bonds is 5. The molecule has 0 aliphatic rings. The smallest absolute Gasteiger partial charge is 0.148 e. The van der Waals surface area contributed by atoms with Gasteiger partial charge in [0.05, 0.1) is 24.1 Å². The predicted octanol–water partition coefficient (Wildman–Crippen LogP) is 1.60. The second-order valence-electron chi connectivity index (χ2n) is 4.79. The van der Waals surface area contributed by atoms with Gasteiger partial charge in [-0.3, -0.25) is 9.97 Å². The van der Waals surface area contributed by atoms with Crippen molar-refractivity contribution in [3.05, 3.63) is 35.7 Å². The van der Waals surface area contributed by atoms with Crippen LogP contribution in [0.3, 0.4) is 0 Å². The summed E-state index contributed by atoms with van der Waals surface area (Å²) in [4.78, 5) is 16.9. The standard InChI is InChI=1S/C13H19N7/c1-8(2)11-12(18-7-19-13(11)20-14)17-6-10-5-15-9(3)4-16-10/h4-5,7-8H,6,14H2,1-3H3,(H2,17,18,19,20). The fraction of sp³-hybridized carbons (Fsp3) is 0.385. The van der Waals surface area contributed by atoms with Gasteiger partial charge in [-0.1, -0.05) is 13.8 Å². The minimum absolute atomic E-state index is 0.244. The van der Waals surface area contributed by atoms with E-state index in [9.17, 15) is 0 Å². The Morgan fingerprint density at radius 1 is 1.10 bits per heavy atom. The van der Waals surface area contributed by atoms with E-state index in [0.29, 0.717) is 12.4 Å². The number of nitrogens with one attached hydrogen (secondary N) is 2. The molecule has 2 aromatic heterocycles. The second kappa shape index (κ2) is 6.25. The number of nitrogens with two attached hydrogens (primary N) is 1. The fourth-order valence-electron chi connectivity index (χ4n) is 1.88. The number of nitrogens with zero attached hydrogens (tertiary/aromatic N) is 4. The summed E-state index contributed by atoms with van der Waals surface area (Å²) < 4.78 is 0. The molecular formula is C13H19N7. The van der Waals surface area contributed by atoms with Gasteiger partial charge in [0.15, 0.2) is 0 Å². The molecule has 7 nitrogen and oxygen atoms in total. The Morgan fingerprint density at radius 3 is 2.45 bits per heavy atom. The molecule has 0 aromatic carbocycles. The average Bonchev–Trinajstić information content (AvgIpc) is 2.46. The molecule has 0 radical (unpaired) electrons. The molecule has 2 aromatic rings. The minimum atomic E-state index is 0.244. The second-order valence-corrected chi connectivity index (χ2v) is 4.79. The number of anilines is 2. The molecule has 0 saturated heterocycles. The molecule has 2 rings (SSSR count). The highest BCUT2D eigenvalue weighted by Gasteiger charge is 2.14. The number of hydrazine groups is 1. The van der Waals surface area contributed by atoms with E-state index in [2.05, 4.69) is 44.5 Å². The number of aromatic nitrogens is 4. The summed E-state index contributed by atoms with van der Waals surface area (Å²) >= 11 is 0. The van der Waals surface area contributed by atoms with Gasteiger partial charge in [-0.25, -0.2) is 15.8 Å². The summed E-state index contributed by atoms with van der Waals surface area (Å²) in [5.74, 6) is 7.12. The maximum Gasteiger partial charge on any atom is 0.148 e. The van der Waals surface area contributed by atoms with Crippen LogP contribution in [0.1, 0.15) is 36.7 Å². The summed E-state index contributed by atoms with van der Waals surface area (Å²) in [5, 5.41) is 3.26. The lowest BCUT2D eigenvalue weighted by molar-refractivity contribution is 0.842. The van der Waals surface area contributed by atoms with Crippen molar-refractivity contribution in [2.45, 2.75) is 33.2 Å². The number of nitrogen functional groups attached to an aromatic ring is 1. The van der Waals surface area contributed by atoms with Gasteiger partial charge in [0.2, 0.25) is 0 Å². The third-order valence-electron chi connectivity index (χ3n) is 2.87. The molecule has 7 heteroatoms. The summed E-state index contributed by atoms with van der Waals surface area (Å²) in [5.41, 5.74) is 5.31. The Kier molecular flexibility index (Phi) is 4.41. The number of hydrogen-bond donors (Lipinski definition) is 3. The van der Waals surface area contributed by atoms with Gasteiger partial charge in [-0.05, 0) is 12.8 Å². The fourth-order valence-corrected chi connectivity index (χ4v) is 1.88. The largest absolute Gasteiger partial charge is 0.364 e. The third kappa shape index (κ3) is 3.18. The van der Waals surface area contributed by atoms with E-state index >= 15 is 0 Å². The van der Waals surface area contributed by atoms with Crippen molar-refractivity contribution in [1.82, 2.24) is 19.9 Å². The first-order valence-electron chi connectivity index (χ1n) is 6.44. The Bertz CT molecular complexity index is 565. The van der Waals surface area contributed by atoms with E-state index in [1.54, 1.807) is 12.4 Å². The van der Waals surface area contributed by atoms with E-state index < -0.39 is 0 Å². The zero-order valence-electron chi connectivity index (χ0n) is 11.9. The van der Waals surface area contributed by atoms with Crippen LogP contribution < -0.4 is 16.6 Å². The Hall–Kier alpha value is -2.28. The summed E-state index contributed by atoms with van der Waals surface area (Å²) in [6.45, 7) is 6.59. The molecule has 0 unspecified atom stereocenters. The molecule has 2 heterocycles. The zero-order valence-corrected chi connectivity index (χ0v) is 11.9. The molecule has 0 aliphatic heterocycles. The Morgan fingerprint density at radius 2 is 1.85 bits per heavy atom. The SMILES string of the molecule is Cc1cnc(CNc2ncnc(NN)c2C(C)C)cn1. The van der Waals surface area contributed by atoms with Crippen LogP contribution in [0.25, 0.3) is 0 Å². The van der Waals surface area contributed by atoms with Gasteiger partial charge in [0.1, 0.15) is 18.0 Å². The molecule has 0 bridgehead atoms. The highest BCUT2D eigenvalue weighted by atomic mass is 15.3. The van der Waals surface area contributed by atoms with Gasteiger partial charge < -0.3 is 10.7 Å². The lowest BCUT2D eigenvalue weighted by Crippen LogP contribution is -2.15. The minimum Gasteiger partial charge on any atom is -0.364 e. The number of aryl methyl sites for hydroxylation is 1. The van der Waals surface area contributed by atoms with E-state index in [0.717, 1.165) is 22.8 Å². The molecule has 0 atom stereocenters. The van der Waals surface area contributed by atoms with Crippen LogP contribution in [0.4, 0.5) is 11.6 Å². The summed E-state index contributed by atoms with van der Waals surface area (Å²) in [6, 6.07) is 0. The molecule has 4 N–H and O–H groups in total. The Balaban J connectivity index is 2.18. The quantitative estimate of drug-likeness (QED) is 0.561. The molecule has 0 amide bonds. The van der Waals surface area contributed by atoms with Gasteiger partial charge in [-0.2, -0.15) is 0 Å². The molecule has 0 fully saturated rings. The highest BCUT2D eigenvalue weighted by molar-refractivity contribution is 5.58. The molecule has 0 spiro atoms.